The molecule has 96 valence electrons. The number of carboxylic acids is 2. The molecule has 0 aromatic heterocycles. The highest BCUT2D eigenvalue weighted by atomic mass is 16.4. The summed E-state index contributed by atoms with van der Waals surface area (Å²) >= 11 is 0. The number of hydrogen-bond donors (Lipinski definition) is 0. The Bertz CT molecular complexity index is 594. The second kappa shape index (κ2) is 5.35. The number of benzene rings is 1. The van der Waals surface area contributed by atoms with Crippen molar-refractivity contribution in [3.8, 4) is 0 Å². The van der Waals surface area contributed by atoms with Gasteiger partial charge in [0.2, 0.25) is 0 Å². The van der Waals surface area contributed by atoms with E-state index in [2.05, 4.69) is 0 Å². The van der Waals surface area contributed by atoms with E-state index in [1.807, 2.05) is 18.2 Å². The van der Waals surface area contributed by atoms with Crippen molar-refractivity contribution in [1.29, 1.82) is 0 Å². The number of rotatable bonds is 3. The normalized spacial score (nSPS) is 20.1. The van der Waals surface area contributed by atoms with Crippen molar-refractivity contribution in [1.82, 2.24) is 0 Å². The summed E-state index contributed by atoms with van der Waals surface area (Å²) in [5.74, 6) is -4.27. The van der Waals surface area contributed by atoms with Crippen molar-refractivity contribution >= 4 is 18.0 Å². The Morgan fingerprint density at radius 3 is 2.37 bits per heavy atom. The van der Waals surface area contributed by atoms with E-state index in [4.69, 9.17) is 0 Å². The van der Waals surface area contributed by atoms with E-state index in [1.165, 1.54) is 12.2 Å². The highest BCUT2D eigenvalue weighted by Crippen LogP contribution is 2.27. The zero-order valence-electron chi connectivity index (χ0n) is 9.91. The maximum atomic E-state index is 11.2. The molecule has 1 unspecified atom stereocenters. The first-order valence-electron chi connectivity index (χ1n) is 5.66. The minimum absolute atomic E-state index is 0.301. The van der Waals surface area contributed by atoms with Crippen LogP contribution in [-0.4, -0.2) is 11.9 Å². The van der Waals surface area contributed by atoms with E-state index in [-0.39, 0.29) is 5.57 Å². The van der Waals surface area contributed by atoms with Gasteiger partial charge in [0.1, 0.15) is 0 Å². The maximum Gasteiger partial charge on any atom is 0.0684 e. The molecular formula is C15H10O4-2. The highest BCUT2D eigenvalue weighted by Gasteiger charge is 2.21. The van der Waals surface area contributed by atoms with Crippen molar-refractivity contribution in [3.05, 3.63) is 65.3 Å². The first kappa shape index (κ1) is 12.8. The van der Waals surface area contributed by atoms with Crippen molar-refractivity contribution in [2.75, 3.05) is 0 Å². The van der Waals surface area contributed by atoms with Crippen molar-refractivity contribution in [3.63, 3.8) is 0 Å². The van der Waals surface area contributed by atoms with Crippen LogP contribution in [-0.2, 0) is 9.59 Å². The molecule has 19 heavy (non-hydrogen) atoms. The monoisotopic (exact) mass is 254 g/mol. The minimum Gasteiger partial charge on any atom is -0.549 e. The smallest absolute Gasteiger partial charge is 0.0684 e. The summed E-state index contributed by atoms with van der Waals surface area (Å²) in [5.41, 5.74) is 0.838. The van der Waals surface area contributed by atoms with Gasteiger partial charge in [-0.25, -0.2) is 0 Å². The SMILES string of the molecule is O=C([O-])C1=CC=C/C(=C/c2ccccc2)C1C(=O)[O-]. The van der Waals surface area contributed by atoms with E-state index in [1.54, 1.807) is 24.3 Å². The van der Waals surface area contributed by atoms with E-state index < -0.39 is 17.9 Å². The molecule has 4 nitrogen and oxygen atoms in total. The van der Waals surface area contributed by atoms with E-state index in [0.29, 0.717) is 5.57 Å². The van der Waals surface area contributed by atoms with E-state index in [9.17, 15) is 19.8 Å². The number of carbonyl (C=O) groups is 2. The fourth-order valence-electron chi connectivity index (χ4n) is 1.96. The fraction of sp³-hybridized carbons (Fsp3) is 0.0667. The first-order valence-corrected chi connectivity index (χ1v) is 5.66. The lowest BCUT2D eigenvalue weighted by Gasteiger charge is -2.25. The zero-order chi connectivity index (χ0) is 13.8. The summed E-state index contributed by atoms with van der Waals surface area (Å²) in [4.78, 5) is 22.1. The molecule has 0 bridgehead atoms. The zero-order valence-corrected chi connectivity index (χ0v) is 9.91. The topological polar surface area (TPSA) is 80.3 Å². The molecule has 0 radical (unpaired) electrons. The predicted octanol–water partition coefficient (Wildman–Crippen LogP) is -0.318. The van der Waals surface area contributed by atoms with Crippen molar-refractivity contribution in [2.24, 2.45) is 5.92 Å². The number of allylic oxidation sites excluding steroid dienone is 3. The Kier molecular flexibility index (Phi) is 3.61. The third-order valence-corrected chi connectivity index (χ3v) is 2.81. The molecule has 0 saturated carbocycles. The van der Waals surface area contributed by atoms with E-state index >= 15 is 0 Å². The number of aliphatic carboxylic acids is 2. The molecule has 0 aliphatic heterocycles. The van der Waals surface area contributed by atoms with Gasteiger partial charge in [-0.15, -0.1) is 0 Å². The Morgan fingerprint density at radius 2 is 1.79 bits per heavy atom. The Labute approximate surface area is 110 Å². The summed E-state index contributed by atoms with van der Waals surface area (Å²) in [6, 6.07) is 9.04. The van der Waals surface area contributed by atoms with Crippen LogP contribution in [0.25, 0.3) is 6.08 Å². The lowest BCUT2D eigenvalue weighted by Crippen LogP contribution is -2.39. The summed E-state index contributed by atoms with van der Waals surface area (Å²) < 4.78 is 0. The lowest BCUT2D eigenvalue weighted by atomic mass is 9.86. The molecule has 0 fully saturated rings. The molecule has 1 atom stereocenters. The standard InChI is InChI=1S/C15H12O4/c16-14(17)12-8-4-7-11(13(12)15(18)19)9-10-5-2-1-3-6-10/h1-9,13H,(H,16,17)(H,18,19)/p-2/b11-9-. The molecule has 4 heteroatoms. The van der Waals surface area contributed by atoms with Crippen LogP contribution in [0, 0.1) is 5.92 Å². The van der Waals surface area contributed by atoms with Crippen LogP contribution < -0.4 is 10.2 Å². The summed E-state index contributed by atoms with van der Waals surface area (Å²) in [5, 5.41) is 22.1. The number of carboxylic acid groups (broad SMARTS) is 2. The molecule has 0 spiro atoms. The minimum atomic E-state index is -1.50. The van der Waals surface area contributed by atoms with Gasteiger partial charge < -0.3 is 19.8 Å². The molecule has 0 heterocycles. The summed E-state index contributed by atoms with van der Waals surface area (Å²) in [6.07, 6.45) is 5.88. The van der Waals surface area contributed by atoms with Gasteiger partial charge in [0, 0.05) is 0 Å². The molecule has 0 amide bonds. The van der Waals surface area contributed by atoms with Crippen LogP contribution in [0.5, 0.6) is 0 Å². The lowest BCUT2D eigenvalue weighted by molar-refractivity contribution is -0.313. The molecule has 1 aliphatic rings. The highest BCUT2D eigenvalue weighted by molar-refractivity contribution is 5.96. The van der Waals surface area contributed by atoms with Crippen LogP contribution in [0.2, 0.25) is 0 Å². The molecule has 1 aromatic carbocycles. The number of hydrogen-bond acceptors (Lipinski definition) is 4. The maximum absolute atomic E-state index is 11.2. The van der Waals surface area contributed by atoms with Crippen LogP contribution in [0.3, 0.4) is 0 Å². The average Bonchev–Trinajstić information content (AvgIpc) is 2.39. The van der Waals surface area contributed by atoms with Crippen LogP contribution in [0.4, 0.5) is 0 Å². The van der Waals surface area contributed by atoms with Crippen LogP contribution in [0.15, 0.2) is 59.7 Å². The second-order valence-corrected chi connectivity index (χ2v) is 4.08. The summed E-state index contributed by atoms with van der Waals surface area (Å²) in [6.45, 7) is 0. The third kappa shape index (κ3) is 2.80. The Balaban J connectivity index is 2.44. The third-order valence-electron chi connectivity index (χ3n) is 2.81. The van der Waals surface area contributed by atoms with E-state index in [0.717, 1.165) is 5.56 Å². The average molecular weight is 254 g/mol. The second-order valence-electron chi connectivity index (χ2n) is 4.08. The Morgan fingerprint density at radius 1 is 1.11 bits per heavy atom. The van der Waals surface area contributed by atoms with Gasteiger partial charge in [-0.1, -0.05) is 54.6 Å². The molecule has 0 N–H and O–H groups in total. The van der Waals surface area contributed by atoms with Crippen LogP contribution >= 0.6 is 0 Å². The van der Waals surface area contributed by atoms with Crippen LogP contribution in [0.1, 0.15) is 5.56 Å². The van der Waals surface area contributed by atoms with Gasteiger partial charge >= 0.3 is 0 Å². The predicted molar refractivity (Wildman–Crippen MR) is 65.1 cm³/mol. The molecule has 1 aromatic rings. The Hall–Kier alpha value is -2.62. The number of carbonyl (C=O) groups excluding carboxylic acids is 2. The van der Waals surface area contributed by atoms with Crippen molar-refractivity contribution < 1.29 is 19.8 Å². The van der Waals surface area contributed by atoms with Gasteiger partial charge in [0.05, 0.1) is 17.9 Å². The van der Waals surface area contributed by atoms with Gasteiger partial charge in [-0.05, 0) is 16.7 Å². The van der Waals surface area contributed by atoms with Crippen molar-refractivity contribution in [2.45, 2.75) is 0 Å². The first-order chi connectivity index (χ1) is 9.09. The molecular weight excluding hydrogens is 244 g/mol. The molecule has 1 aliphatic carbocycles. The van der Waals surface area contributed by atoms with Gasteiger partial charge in [-0.2, -0.15) is 0 Å². The molecule has 0 saturated heterocycles. The molecule has 2 rings (SSSR count). The van der Waals surface area contributed by atoms with Gasteiger partial charge in [-0.3, -0.25) is 0 Å². The quantitative estimate of drug-likeness (QED) is 0.740. The summed E-state index contributed by atoms with van der Waals surface area (Å²) in [7, 11) is 0. The van der Waals surface area contributed by atoms with Gasteiger partial charge in [0.25, 0.3) is 0 Å². The largest absolute Gasteiger partial charge is 0.549 e. The van der Waals surface area contributed by atoms with Gasteiger partial charge in [0.15, 0.2) is 0 Å². The fourth-order valence-corrected chi connectivity index (χ4v) is 1.96.